The second-order valence-corrected chi connectivity index (χ2v) is 32.1. The summed E-state index contributed by atoms with van der Waals surface area (Å²) < 4.78 is 343. The first-order valence-electron chi connectivity index (χ1n) is 57.5. The maximum atomic E-state index is 9.37. The Balaban J connectivity index is 0.000000127. The maximum Gasteiger partial charge on any atom is 0.0644 e. The normalized spacial score (nSPS) is 16.2. The highest BCUT2D eigenvalue weighted by Crippen LogP contribution is 2.52. The summed E-state index contributed by atoms with van der Waals surface area (Å²) in [7, 11) is 0. The van der Waals surface area contributed by atoms with Gasteiger partial charge in [-0.2, -0.15) is 0 Å². The number of hydrogen-bond donors (Lipinski definition) is 0. The molecule has 0 saturated heterocycles. The van der Waals surface area contributed by atoms with Gasteiger partial charge in [0.05, 0.1) is 52.1 Å². The van der Waals surface area contributed by atoms with E-state index < -0.39 is 202 Å². The van der Waals surface area contributed by atoms with Crippen molar-refractivity contribution in [1.82, 2.24) is 0 Å². The molecule has 562 valence electrons. The van der Waals surface area contributed by atoms with Crippen LogP contribution in [0.1, 0.15) is 52.1 Å². The van der Waals surface area contributed by atoms with Crippen LogP contribution in [0.5, 0.6) is 0 Å². The van der Waals surface area contributed by atoms with Gasteiger partial charge in [0.15, 0.2) is 0 Å². The van der Waals surface area contributed by atoms with Gasteiger partial charge in [-0.3, -0.25) is 0 Å². The Morgan fingerprint density at radius 2 is 0.512 bits per heavy atom. The van der Waals surface area contributed by atoms with Crippen molar-refractivity contribution in [2.45, 2.75) is 0 Å². The lowest BCUT2D eigenvalue weighted by atomic mass is 9.83. The highest BCUT2D eigenvalue weighted by molar-refractivity contribution is 7.26. The lowest BCUT2D eigenvalue weighted by molar-refractivity contribution is 1.64. The molecule has 0 amide bonds. The van der Waals surface area contributed by atoms with Gasteiger partial charge in [0.2, 0.25) is 0 Å². The van der Waals surface area contributed by atoms with E-state index in [1.54, 1.807) is 22.7 Å². The van der Waals surface area contributed by atoms with Crippen molar-refractivity contribution in [3.05, 3.63) is 436 Å². The van der Waals surface area contributed by atoms with Crippen LogP contribution in [-0.2, 0) is 0 Å². The Hall–Kier alpha value is -14.7. The summed E-state index contributed by atoms with van der Waals surface area (Å²) in [6.07, 6.45) is 0. The number of benzene rings is 23. The van der Waals surface area contributed by atoms with Crippen LogP contribution in [0.25, 0.3) is 246 Å². The summed E-state index contributed by atoms with van der Waals surface area (Å²) in [5.41, 5.74) is 3.04. The summed E-state index contributed by atoms with van der Waals surface area (Å²) in [4.78, 5) is 0. The predicted molar refractivity (Wildman–Crippen MR) is 531 cm³/mol. The van der Waals surface area contributed by atoms with Crippen molar-refractivity contribution in [2.24, 2.45) is 0 Å². The highest BCUT2D eigenvalue weighted by atomic mass is 32.1. The molecule has 0 atom stereocenters. The Labute approximate surface area is 764 Å². The molecular weight excluding hydrogens is 1510 g/mol. The molecule has 0 nitrogen and oxygen atoms in total. The molecule has 0 aliphatic rings. The molecule has 121 heavy (non-hydrogen) atoms. The minimum atomic E-state index is -0.824. The summed E-state index contributed by atoms with van der Waals surface area (Å²) in [6.45, 7) is 0. The van der Waals surface area contributed by atoms with Gasteiger partial charge in [-0.25, -0.2) is 0 Å². The first-order chi connectivity index (χ1) is 75.8. The fraction of sp³-hybridized carbons (Fsp3) is 0. The zero-order valence-corrected chi connectivity index (χ0v) is 65.3. The molecule has 0 spiro atoms. The molecule has 26 aromatic rings. The second kappa shape index (κ2) is 29.1. The molecule has 3 heterocycles. The number of fused-ring (bicyclic) bond motifs is 20. The van der Waals surface area contributed by atoms with Crippen molar-refractivity contribution < 1.29 is 52.1 Å². The van der Waals surface area contributed by atoms with Gasteiger partial charge in [0.1, 0.15) is 0 Å². The summed E-state index contributed by atoms with van der Waals surface area (Å²) in [5, 5.41) is 8.69. The van der Waals surface area contributed by atoms with E-state index in [0.717, 1.165) is 84.0 Å². The van der Waals surface area contributed by atoms with Gasteiger partial charge in [0.25, 0.3) is 0 Å². The van der Waals surface area contributed by atoms with Crippen LogP contribution < -0.4 is 0 Å². The third-order valence-corrected chi connectivity index (χ3v) is 25.8. The topological polar surface area (TPSA) is 0 Å². The minimum absolute atomic E-state index is 0.0155. The third-order valence-electron chi connectivity index (χ3n) is 22.5. The van der Waals surface area contributed by atoms with Crippen molar-refractivity contribution in [3.8, 4) is 77.9 Å². The Morgan fingerprint density at radius 3 is 1.06 bits per heavy atom. The van der Waals surface area contributed by atoms with Crippen molar-refractivity contribution in [2.75, 3.05) is 0 Å². The predicted octanol–water partition coefficient (Wildman–Crippen LogP) is 35.4. The van der Waals surface area contributed by atoms with Crippen LogP contribution in [0.15, 0.2) is 436 Å². The highest BCUT2D eigenvalue weighted by Gasteiger charge is 2.24. The first kappa shape index (κ1) is 42.1. The first-order valence-corrected chi connectivity index (χ1v) is 40.9. The van der Waals surface area contributed by atoms with E-state index in [4.69, 9.17) is 32.9 Å². The minimum Gasteiger partial charge on any atom is -0.135 e. The van der Waals surface area contributed by atoms with Crippen LogP contribution >= 0.6 is 34.0 Å². The standard InChI is InChI=1S/C42H26S.C40H24S.C36H22S/c1-2-12-31-28(10-1)11-9-18-34(31)42-37-16-5-3-14-35(37)41(36-15-4-6-17-38(36)42)29-22-20-27(21-23-29)30-24-25-33-32-13-7-8-19-39(32)43-40(33)26-30;1-2-12-27-25(11-1)23-36(29-14-4-3-13-28(27)29)40-33-18-7-5-16-31(33)39(32-17-6-8-19-34(32)40)26-21-22-38-35(24-26)30-15-9-10-20-37(30)41-38;1-2-12-25-23(10-1)11-9-18-27(25)36-30-16-5-3-14-28(30)35(29-15-4-6-17-31(29)36)24-20-21-34-32(22-24)26-13-7-8-19-33(26)37-34/h1-26H;1-24H;1-22H/i1D,2D,3D,4D,5D,6D,7D,8D,9D,10D,11D,12D,13D,14D,15D,16D,17D,18D,19D,24D,25D,26D;5D,6D,7D,8D,16D,17D,18D,19D;3D,4D,5D,6D,14D,15D,16D,17D. The van der Waals surface area contributed by atoms with E-state index in [9.17, 15) is 19.2 Å². The van der Waals surface area contributed by atoms with Gasteiger partial charge in [-0.05, 0) is 240 Å². The van der Waals surface area contributed by atoms with Crippen molar-refractivity contribution in [1.29, 1.82) is 0 Å². The summed E-state index contributed by atoms with van der Waals surface area (Å²) >= 11 is 4.18. The fourth-order valence-electron chi connectivity index (χ4n) is 17.2. The largest absolute Gasteiger partial charge is 0.135 e. The molecule has 0 fully saturated rings. The van der Waals surface area contributed by atoms with Gasteiger partial charge >= 0.3 is 0 Å². The fourth-order valence-corrected chi connectivity index (χ4v) is 20.4. The second-order valence-electron chi connectivity index (χ2n) is 28.9. The average molecular weight is 1620 g/mol. The molecule has 0 unspecified atom stereocenters. The van der Waals surface area contributed by atoms with E-state index in [-0.39, 0.29) is 157 Å². The quantitative estimate of drug-likeness (QED) is 0.110. The number of hydrogen-bond acceptors (Lipinski definition) is 3. The number of thiophene rings is 3. The lowest BCUT2D eigenvalue weighted by Crippen LogP contribution is -1.92. The summed E-state index contributed by atoms with van der Waals surface area (Å²) in [5.74, 6) is 0. The maximum absolute atomic E-state index is 9.37. The zero-order valence-electron chi connectivity index (χ0n) is 101. The molecule has 0 aliphatic carbocycles. The molecule has 3 aromatic heterocycles. The van der Waals surface area contributed by atoms with Crippen LogP contribution in [0, 0.1) is 0 Å². The van der Waals surface area contributed by atoms with Gasteiger partial charge < -0.3 is 0 Å². The molecule has 0 saturated carbocycles. The molecule has 0 N–H and O–H groups in total. The van der Waals surface area contributed by atoms with E-state index in [2.05, 4.69) is 12.1 Å². The van der Waals surface area contributed by atoms with Gasteiger partial charge in [0, 0.05) is 60.5 Å². The molecule has 0 bridgehead atoms. The Morgan fingerprint density at radius 1 is 0.149 bits per heavy atom. The monoisotopic (exact) mass is 1620 g/mol. The smallest absolute Gasteiger partial charge is 0.0644 e. The van der Waals surface area contributed by atoms with Crippen molar-refractivity contribution in [3.63, 3.8) is 0 Å². The number of rotatable bonds is 7. The van der Waals surface area contributed by atoms with Gasteiger partial charge in [-0.1, -0.05) is 381 Å². The van der Waals surface area contributed by atoms with E-state index >= 15 is 0 Å². The molecule has 3 heteroatoms. The molecular formula is C118H72S3. The molecule has 26 rings (SSSR count). The van der Waals surface area contributed by atoms with Crippen LogP contribution in [0.4, 0.5) is 0 Å². The van der Waals surface area contributed by atoms with E-state index in [0.29, 0.717) is 44.5 Å². The molecule has 23 aromatic carbocycles. The SMILES string of the molecule is [2H]c1c([2H])c([2H])c2c(-c3cc4ccccc4c4ccccc34)c3c([2H])c([2H])c([2H])c([2H])c3c(-c3ccc4sc5ccccc5c4c3)c2c1[2H].[2H]c1c([2H])c([2H])c2c(-c3cccc4ccccc34)c3c([2H])c([2H])c([2H])c([2H])c3c(-c3ccc4sc5ccccc5c4c3)c2c1[2H].[2H]c1c([2H])c([2H])c2c(sc3c([2H])c(-c4ccc(-c5c6c([2H])c([2H])c([2H])c([2H])c6c(-c6c([2H])c([2H])c([2H])c7c([2H])c([2H])c([2H])c([2H])c67)c6c([2H])c([2H])c([2H])c([2H])c56)cc4)c([2H])c([2H])c32)c1[2H]. The Kier molecular flexibility index (Phi) is 10.1. The van der Waals surface area contributed by atoms with Crippen LogP contribution in [0.3, 0.4) is 0 Å². The molecule has 0 radical (unpaired) electrons. The summed E-state index contributed by atoms with van der Waals surface area (Å²) in [6, 6.07) is 44.9. The van der Waals surface area contributed by atoms with Crippen molar-refractivity contribution >= 4 is 202 Å². The average Bonchev–Trinajstić information content (AvgIpc) is 1.28. The van der Waals surface area contributed by atoms with Crippen LogP contribution in [-0.4, -0.2) is 0 Å². The van der Waals surface area contributed by atoms with E-state index in [1.807, 2.05) is 170 Å². The van der Waals surface area contributed by atoms with E-state index in [1.165, 1.54) is 24.3 Å². The third kappa shape index (κ3) is 11.8. The molecule has 0 aliphatic heterocycles. The van der Waals surface area contributed by atoms with Gasteiger partial charge in [-0.15, -0.1) is 34.0 Å². The Bertz CT molecular complexity index is 10900. The lowest BCUT2D eigenvalue weighted by Gasteiger charge is -2.19. The zero-order chi connectivity index (χ0) is 113. The van der Waals surface area contributed by atoms with Crippen LogP contribution in [0.2, 0.25) is 0 Å².